The van der Waals surface area contributed by atoms with Crippen molar-refractivity contribution in [2.75, 3.05) is 13.2 Å². The zero-order valence-electron chi connectivity index (χ0n) is 14.9. The number of aryl methyl sites for hydroxylation is 1. The summed E-state index contributed by atoms with van der Waals surface area (Å²) in [6, 6.07) is 1.67. The van der Waals surface area contributed by atoms with E-state index in [0.29, 0.717) is 36.1 Å². The molecule has 0 spiro atoms. The van der Waals surface area contributed by atoms with E-state index in [0.717, 1.165) is 37.3 Å². The number of hydrogen-bond acceptors (Lipinski definition) is 7. The summed E-state index contributed by atoms with van der Waals surface area (Å²) in [5.74, 6) is 1.30. The maximum atomic E-state index is 12.6. The molecular formula is C18H19N5O4. The van der Waals surface area contributed by atoms with Gasteiger partial charge >= 0.3 is 0 Å². The van der Waals surface area contributed by atoms with E-state index in [-0.39, 0.29) is 11.8 Å². The number of rotatable bonds is 3. The van der Waals surface area contributed by atoms with Gasteiger partial charge in [-0.2, -0.15) is 10.1 Å². The molecule has 9 nitrogen and oxygen atoms in total. The van der Waals surface area contributed by atoms with Gasteiger partial charge in [-0.1, -0.05) is 5.16 Å². The molecule has 0 bridgehead atoms. The summed E-state index contributed by atoms with van der Waals surface area (Å²) in [5, 5.41) is 8.72. The average molecular weight is 369 g/mol. The summed E-state index contributed by atoms with van der Waals surface area (Å²) in [4.78, 5) is 19.0. The Morgan fingerprint density at radius 3 is 2.89 bits per heavy atom. The molecule has 0 aromatic carbocycles. The fourth-order valence-electron chi connectivity index (χ4n) is 3.73. The molecule has 2 aliphatic heterocycles. The molecule has 0 aliphatic carbocycles. The number of hydrogen-bond donors (Lipinski definition) is 0. The Balaban J connectivity index is 1.41. The molecule has 0 atom stereocenters. The van der Waals surface area contributed by atoms with E-state index in [1.165, 1.54) is 12.5 Å². The van der Waals surface area contributed by atoms with Crippen LogP contribution in [0.15, 0.2) is 27.5 Å². The van der Waals surface area contributed by atoms with Crippen LogP contribution in [-0.4, -0.2) is 43.9 Å². The van der Waals surface area contributed by atoms with Crippen LogP contribution in [0.2, 0.25) is 0 Å². The molecule has 0 N–H and O–H groups in total. The van der Waals surface area contributed by atoms with E-state index in [4.69, 9.17) is 13.7 Å². The molecule has 0 unspecified atom stereocenters. The van der Waals surface area contributed by atoms with Crippen molar-refractivity contribution in [3.63, 3.8) is 0 Å². The van der Waals surface area contributed by atoms with Crippen molar-refractivity contribution in [3.05, 3.63) is 41.2 Å². The highest BCUT2D eigenvalue weighted by molar-refractivity contribution is 5.94. The van der Waals surface area contributed by atoms with Crippen molar-refractivity contribution >= 4 is 5.91 Å². The maximum Gasteiger partial charge on any atom is 0.278 e. The largest absolute Gasteiger partial charge is 0.472 e. The van der Waals surface area contributed by atoms with Crippen LogP contribution in [0.3, 0.4) is 0 Å². The Bertz CT molecular complexity index is 968. The normalized spacial score (nSPS) is 17.4. The third-order valence-corrected chi connectivity index (χ3v) is 5.25. The predicted molar refractivity (Wildman–Crippen MR) is 91.6 cm³/mol. The smallest absolute Gasteiger partial charge is 0.278 e. The molecule has 0 saturated carbocycles. The van der Waals surface area contributed by atoms with Crippen molar-refractivity contribution in [3.8, 4) is 11.6 Å². The predicted octanol–water partition coefficient (Wildman–Crippen LogP) is 2.11. The summed E-state index contributed by atoms with van der Waals surface area (Å²) in [5.41, 5.74) is 3.13. The Labute approximate surface area is 154 Å². The number of nitrogens with zero attached hydrogens (tertiary/aromatic N) is 5. The zero-order chi connectivity index (χ0) is 18.4. The molecule has 1 amide bonds. The van der Waals surface area contributed by atoms with Crippen LogP contribution < -0.4 is 0 Å². The zero-order valence-corrected chi connectivity index (χ0v) is 14.9. The number of furan rings is 1. The van der Waals surface area contributed by atoms with Crippen LogP contribution in [0.5, 0.6) is 0 Å². The van der Waals surface area contributed by atoms with Gasteiger partial charge in [-0.15, -0.1) is 0 Å². The number of ether oxygens (including phenoxy) is 1. The van der Waals surface area contributed by atoms with E-state index in [1.54, 1.807) is 15.6 Å². The number of aromatic nitrogens is 4. The number of carbonyl (C=O) groups is 1. The molecule has 5 rings (SSSR count). The summed E-state index contributed by atoms with van der Waals surface area (Å²) < 4.78 is 17.7. The van der Waals surface area contributed by atoms with Crippen LogP contribution in [-0.2, 0) is 24.9 Å². The van der Waals surface area contributed by atoms with Crippen LogP contribution in [0.1, 0.15) is 46.2 Å². The standard InChI is InChI=1S/C18H19N5O4/c1-22-14-9-23(18(24)12-4-7-26-10-12)8-13(14)15(20-22)17-19-16(21-27-17)11-2-5-25-6-3-11/h4,7,10-11H,2-3,5-6,8-9H2,1H3. The highest BCUT2D eigenvalue weighted by atomic mass is 16.5. The topological polar surface area (TPSA) is 99.4 Å². The van der Waals surface area contributed by atoms with Crippen LogP contribution >= 0.6 is 0 Å². The summed E-state index contributed by atoms with van der Waals surface area (Å²) in [7, 11) is 1.86. The molecule has 1 saturated heterocycles. The Morgan fingerprint density at radius 1 is 1.26 bits per heavy atom. The highest BCUT2D eigenvalue weighted by Gasteiger charge is 2.33. The molecule has 0 radical (unpaired) electrons. The second kappa shape index (κ2) is 6.34. The number of amides is 1. The van der Waals surface area contributed by atoms with Gasteiger partial charge in [-0.05, 0) is 18.9 Å². The molecule has 5 heterocycles. The Hall–Kier alpha value is -2.94. The first-order valence-corrected chi connectivity index (χ1v) is 8.98. The van der Waals surface area contributed by atoms with Crippen molar-refractivity contribution in [1.29, 1.82) is 0 Å². The lowest BCUT2D eigenvalue weighted by atomic mass is 10.00. The summed E-state index contributed by atoms with van der Waals surface area (Å²) in [6.07, 6.45) is 4.75. The summed E-state index contributed by atoms with van der Waals surface area (Å²) in [6.45, 7) is 2.39. The van der Waals surface area contributed by atoms with Gasteiger partial charge in [0.2, 0.25) is 0 Å². The van der Waals surface area contributed by atoms with Crippen molar-refractivity contribution in [2.45, 2.75) is 31.8 Å². The van der Waals surface area contributed by atoms with Gasteiger partial charge in [-0.25, -0.2) is 0 Å². The SMILES string of the molecule is Cn1nc(-c2nc(C3CCOCC3)no2)c2c1CN(C(=O)c1ccoc1)C2. The molecule has 27 heavy (non-hydrogen) atoms. The maximum absolute atomic E-state index is 12.6. The van der Waals surface area contributed by atoms with E-state index >= 15 is 0 Å². The first-order chi connectivity index (χ1) is 13.2. The van der Waals surface area contributed by atoms with Crippen molar-refractivity contribution in [2.24, 2.45) is 7.05 Å². The van der Waals surface area contributed by atoms with Gasteiger partial charge in [0.1, 0.15) is 6.26 Å². The first kappa shape index (κ1) is 16.2. The molecule has 2 aliphatic rings. The van der Waals surface area contributed by atoms with Crippen LogP contribution in [0.25, 0.3) is 11.6 Å². The Kier molecular flexibility index (Phi) is 3.82. The monoisotopic (exact) mass is 369 g/mol. The summed E-state index contributed by atoms with van der Waals surface area (Å²) >= 11 is 0. The van der Waals surface area contributed by atoms with E-state index < -0.39 is 0 Å². The van der Waals surface area contributed by atoms with Gasteiger partial charge in [-0.3, -0.25) is 9.48 Å². The third-order valence-electron chi connectivity index (χ3n) is 5.25. The second-order valence-corrected chi connectivity index (χ2v) is 6.92. The third kappa shape index (κ3) is 2.74. The number of carbonyl (C=O) groups excluding carboxylic acids is 1. The minimum atomic E-state index is -0.0701. The van der Waals surface area contributed by atoms with Crippen LogP contribution in [0, 0.1) is 0 Å². The van der Waals surface area contributed by atoms with Gasteiger partial charge in [0, 0.05) is 31.7 Å². The van der Waals surface area contributed by atoms with E-state index in [1.807, 2.05) is 7.05 Å². The van der Waals surface area contributed by atoms with E-state index in [9.17, 15) is 4.79 Å². The van der Waals surface area contributed by atoms with Crippen LogP contribution in [0.4, 0.5) is 0 Å². The first-order valence-electron chi connectivity index (χ1n) is 8.98. The molecule has 1 fully saturated rings. The second-order valence-electron chi connectivity index (χ2n) is 6.92. The minimum Gasteiger partial charge on any atom is -0.472 e. The Morgan fingerprint density at radius 2 is 2.11 bits per heavy atom. The molecule has 9 heteroatoms. The van der Waals surface area contributed by atoms with Gasteiger partial charge < -0.3 is 18.6 Å². The lowest BCUT2D eigenvalue weighted by molar-refractivity contribution is 0.0747. The molecule has 140 valence electrons. The number of fused-ring (bicyclic) bond motifs is 1. The fraction of sp³-hybridized carbons (Fsp3) is 0.444. The molecule has 3 aromatic rings. The minimum absolute atomic E-state index is 0.0701. The molecule has 3 aromatic heterocycles. The lowest BCUT2D eigenvalue weighted by Crippen LogP contribution is -2.25. The fourth-order valence-corrected chi connectivity index (χ4v) is 3.73. The lowest BCUT2D eigenvalue weighted by Gasteiger charge is -2.18. The molecular weight excluding hydrogens is 350 g/mol. The van der Waals surface area contributed by atoms with Gasteiger partial charge in [0.15, 0.2) is 11.5 Å². The highest BCUT2D eigenvalue weighted by Crippen LogP contribution is 2.33. The van der Waals surface area contributed by atoms with Crippen molar-refractivity contribution in [1.82, 2.24) is 24.8 Å². The average Bonchev–Trinajstić information content (AvgIpc) is 3.48. The van der Waals surface area contributed by atoms with E-state index in [2.05, 4.69) is 15.2 Å². The van der Waals surface area contributed by atoms with Gasteiger partial charge in [0.25, 0.3) is 11.8 Å². The van der Waals surface area contributed by atoms with Gasteiger partial charge in [0.05, 0.1) is 30.6 Å². The van der Waals surface area contributed by atoms with Crippen molar-refractivity contribution < 1.29 is 18.5 Å². The quantitative estimate of drug-likeness (QED) is 0.697.